The minimum Gasteiger partial charge on any atom is -0.390 e. The normalized spacial score (nSPS) is 26.0. The Labute approximate surface area is 126 Å². The van der Waals surface area contributed by atoms with Gasteiger partial charge in [-0.25, -0.2) is 16.8 Å². The average Bonchev–Trinajstić information content (AvgIpc) is 2.62. The lowest BCUT2D eigenvalue weighted by molar-refractivity contribution is 0.137. The van der Waals surface area contributed by atoms with Gasteiger partial charge in [0.15, 0.2) is 9.84 Å². The van der Waals surface area contributed by atoms with Crippen molar-refractivity contribution in [1.82, 2.24) is 4.31 Å². The summed E-state index contributed by atoms with van der Waals surface area (Å²) in [5.74, 6) is -0.766. The first kappa shape index (κ1) is 15.9. The Morgan fingerprint density at radius 3 is 2.25 bits per heavy atom. The molecule has 0 aromatic heterocycles. The maximum absolute atomic E-state index is 12.4. The first-order valence-corrected chi connectivity index (χ1v) is 9.81. The Balaban J connectivity index is 2.33. The van der Waals surface area contributed by atoms with Crippen molar-refractivity contribution in [3.8, 4) is 0 Å². The van der Waals surface area contributed by atoms with Gasteiger partial charge in [-0.05, 0) is 24.3 Å². The van der Waals surface area contributed by atoms with E-state index in [0.717, 1.165) is 8.78 Å². The highest BCUT2D eigenvalue weighted by Crippen LogP contribution is 2.24. The van der Waals surface area contributed by atoms with Crippen molar-refractivity contribution >= 4 is 35.8 Å². The van der Waals surface area contributed by atoms with E-state index in [1.165, 1.54) is 19.2 Å². The SMILES string of the molecule is CN([C@H]1CS(=O)(=O)C[C@H]1O)S(=O)(=O)c1ccc(Br)cc1. The molecule has 0 amide bonds. The summed E-state index contributed by atoms with van der Waals surface area (Å²) in [6.07, 6.45) is -1.20. The lowest BCUT2D eigenvalue weighted by Crippen LogP contribution is -2.44. The zero-order valence-electron chi connectivity index (χ0n) is 10.6. The van der Waals surface area contributed by atoms with Gasteiger partial charge in [-0.1, -0.05) is 15.9 Å². The molecule has 1 saturated heterocycles. The lowest BCUT2D eigenvalue weighted by atomic mass is 10.2. The summed E-state index contributed by atoms with van der Waals surface area (Å²) in [5.41, 5.74) is 0. The minimum absolute atomic E-state index is 0.0553. The van der Waals surface area contributed by atoms with Crippen LogP contribution in [0.4, 0.5) is 0 Å². The number of likely N-dealkylation sites (N-methyl/N-ethyl adjacent to an activating group) is 1. The molecule has 112 valence electrons. The molecule has 1 heterocycles. The maximum Gasteiger partial charge on any atom is 0.243 e. The predicted molar refractivity (Wildman–Crippen MR) is 77.5 cm³/mol. The Morgan fingerprint density at radius 2 is 1.80 bits per heavy atom. The fraction of sp³-hybridized carbons (Fsp3) is 0.455. The smallest absolute Gasteiger partial charge is 0.243 e. The van der Waals surface area contributed by atoms with E-state index < -0.39 is 37.8 Å². The predicted octanol–water partition coefficient (Wildman–Crippen LogP) is 0.228. The topological polar surface area (TPSA) is 91.8 Å². The second kappa shape index (κ2) is 5.38. The van der Waals surface area contributed by atoms with Crippen LogP contribution in [0.2, 0.25) is 0 Å². The molecule has 0 saturated carbocycles. The lowest BCUT2D eigenvalue weighted by Gasteiger charge is -2.25. The molecule has 0 bridgehead atoms. The molecular weight excluding hydrogens is 370 g/mol. The number of hydrogen-bond donors (Lipinski definition) is 1. The molecule has 0 aliphatic carbocycles. The summed E-state index contributed by atoms with van der Waals surface area (Å²) in [5, 5.41) is 9.76. The van der Waals surface area contributed by atoms with E-state index in [0.29, 0.717) is 0 Å². The molecule has 1 fully saturated rings. The standard InChI is InChI=1S/C11H14BrNO5S2/c1-13(10-6-19(15,16)7-11(10)14)20(17,18)9-4-2-8(12)3-5-9/h2-5,10-11,14H,6-7H2,1H3/t10-,11+/m0/s1. The van der Waals surface area contributed by atoms with Gasteiger partial charge in [0, 0.05) is 11.5 Å². The maximum atomic E-state index is 12.4. The van der Waals surface area contributed by atoms with E-state index in [4.69, 9.17) is 0 Å². The Bertz CT molecular complexity index is 699. The molecule has 0 radical (unpaired) electrons. The Kier molecular flexibility index (Phi) is 4.27. The van der Waals surface area contributed by atoms with E-state index in [-0.39, 0.29) is 10.6 Å². The third-order valence-electron chi connectivity index (χ3n) is 3.25. The van der Waals surface area contributed by atoms with Crippen LogP contribution in [0.5, 0.6) is 0 Å². The van der Waals surface area contributed by atoms with Crippen LogP contribution in [0.1, 0.15) is 0 Å². The highest BCUT2D eigenvalue weighted by Gasteiger charge is 2.42. The van der Waals surface area contributed by atoms with Crippen LogP contribution in [-0.2, 0) is 19.9 Å². The van der Waals surface area contributed by atoms with Crippen molar-refractivity contribution in [2.24, 2.45) is 0 Å². The van der Waals surface area contributed by atoms with Gasteiger partial charge in [0.05, 0.1) is 28.5 Å². The van der Waals surface area contributed by atoms with Crippen molar-refractivity contribution in [2.75, 3.05) is 18.6 Å². The van der Waals surface area contributed by atoms with Crippen LogP contribution < -0.4 is 0 Å². The molecule has 6 nitrogen and oxygen atoms in total. The van der Waals surface area contributed by atoms with Crippen molar-refractivity contribution < 1.29 is 21.9 Å². The van der Waals surface area contributed by atoms with Crippen molar-refractivity contribution in [3.05, 3.63) is 28.7 Å². The number of aliphatic hydroxyl groups excluding tert-OH is 1. The molecule has 1 N–H and O–H groups in total. The molecule has 0 unspecified atom stereocenters. The fourth-order valence-electron chi connectivity index (χ4n) is 2.11. The zero-order valence-corrected chi connectivity index (χ0v) is 13.8. The second-order valence-corrected chi connectivity index (χ2v) is 9.75. The van der Waals surface area contributed by atoms with Crippen LogP contribution in [0.15, 0.2) is 33.6 Å². The summed E-state index contributed by atoms with van der Waals surface area (Å²) in [7, 11) is -5.95. The van der Waals surface area contributed by atoms with Crippen molar-refractivity contribution in [3.63, 3.8) is 0 Å². The summed E-state index contributed by atoms with van der Waals surface area (Å²) in [6.45, 7) is 0. The molecule has 1 aliphatic heterocycles. The van der Waals surface area contributed by atoms with Gasteiger partial charge in [0.25, 0.3) is 0 Å². The summed E-state index contributed by atoms with van der Waals surface area (Å²) in [6, 6.07) is 5.07. The number of halogens is 1. The molecule has 20 heavy (non-hydrogen) atoms. The molecule has 0 spiro atoms. The number of rotatable bonds is 3. The third-order valence-corrected chi connectivity index (χ3v) is 7.38. The summed E-state index contributed by atoms with van der Waals surface area (Å²) >= 11 is 3.21. The van der Waals surface area contributed by atoms with Crippen LogP contribution in [0, 0.1) is 0 Å². The van der Waals surface area contributed by atoms with Crippen LogP contribution in [0.25, 0.3) is 0 Å². The van der Waals surface area contributed by atoms with Gasteiger partial charge in [-0.2, -0.15) is 4.31 Å². The average molecular weight is 384 g/mol. The largest absolute Gasteiger partial charge is 0.390 e. The number of nitrogens with zero attached hydrogens (tertiary/aromatic N) is 1. The van der Waals surface area contributed by atoms with Crippen LogP contribution in [-0.4, -0.2) is 56.9 Å². The van der Waals surface area contributed by atoms with Gasteiger partial charge >= 0.3 is 0 Å². The number of hydrogen-bond acceptors (Lipinski definition) is 5. The first-order valence-electron chi connectivity index (χ1n) is 5.75. The third kappa shape index (κ3) is 3.06. The number of sulfone groups is 1. The minimum atomic E-state index is -3.83. The zero-order chi connectivity index (χ0) is 15.1. The van der Waals surface area contributed by atoms with Crippen LogP contribution >= 0.6 is 15.9 Å². The highest BCUT2D eigenvalue weighted by atomic mass is 79.9. The Hall–Kier alpha value is -0.480. The van der Waals surface area contributed by atoms with Crippen molar-refractivity contribution in [2.45, 2.75) is 17.0 Å². The number of aliphatic hydroxyl groups is 1. The molecule has 1 aromatic rings. The van der Waals surface area contributed by atoms with E-state index >= 15 is 0 Å². The fourth-order valence-corrected chi connectivity index (χ4v) is 5.70. The van der Waals surface area contributed by atoms with E-state index in [9.17, 15) is 21.9 Å². The molecule has 1 aliphatic rings. The quantitative estimate of drug-likeness (QED) is 0.806. The summed E-state index contributed by atoms with van der Waals surface area (Å²) < 4.78 is 49.4. The van der Waals surface area contributed by atoms with Gasteiger partial charge in [-0.15, -0.1) is 0 Å². The Morgan fingerprint density at radius 1 is 1.25 bits per heavy atom. The molecule has 1 aromatic carbocycles. The first-order chi connectivity index (χ1) is 9.13. The molecule has 2 atom stereocenters. The van der Waals surface area contributed by atoms with Gasteiger partial charge < -0.3 is 5.11 Å². The molecule has 9 heteroatoms. The van der Waals surface area contributed by atoms with E-state index in [2.05, 4.69) is 15.9 Å². The highest BCUT2D eigenvalue weighted by molar-refractivity contribution is 9.10. The van der Waals surface area contributed by atoms with E-state index in [1.54, 1.807) is 12.1 Å². The van der Waals surface area contributed by atoms with Crippen LogP contribution in [0.3, 0.4) is 0 Å². The van der Waals surface area contributed by atoms with Gasteiger partial charge in [0.2, 0.25) is 10.0 Å². The van der Waals surface area contributed by atoms with Gasteiger partial charge in [-0.3, -0.25) is 0 Å². The van der Waals surface area contributed by atoms with Gasteiger partial charge in [0.1, 0.15) is 0 Å². The number of benzene rings is 1. The summed E-state index contributed by atoms with van der Waals surface area (Å²) in [4.78, 5) is 0.0553. The van der Waals surface area contributed by atoms with E-state index in [1.807, 2.05) is 0 Å². The van der Waals surface area contributed by atoms with Crippen molar-refractivity contribution in [1.29, 1.82) is 0 Å². The second-order valence-electron chi connectivity index (χ2n) is 4.69. The molecular formula is C11H14BrNO5S2. The monoisotopic (exact) mass is 383 g/mol. The molecule has 2 rings (SSSR count). The number of sulfonamides is 1.